The molecule has 0 amide bonds. The highest BCUT2D eigenvalue weighted by molar-refractivity contribution is 5.72. The molecular formula is C11H10N2O4. The highest BCUT2D eigenvalue weighted by atomic mass is 16.5. The average molecular weight is 234 g/mol. The lowest BCUT2D eigenvalue weighted by molar-refractivity contribution is -0.144. The summed E-state index contributed by atoms with van der Waals surface area (Å²) in [5.74, 6) is -1.10. The second-order valence-electron chi connectivity index (χ2n) is 3.46. The Morgan fingerprint density at radius 3 is 3.00 bits per heavy atom. The molecule has 1 atom stereocenters. The van der Waals surface area contributed by atoms with Gasteiger partial charge in [0.2, 0.25) is 5.88 Å². The van der Waals surface area contributed by atoms with E-state index in [0.29, 0.717) is 5.65 Å². The van der Waals surface area contributed by atoms with E-state index in [1.54, 1.807) is 24.4 Å². The van der Waals surface area contributed by atoms with Gasteiger partial charge >= 0.3 is 5.97 Å². The third-order valence-corrected chi connectivity index (χ3v) is 2.19. The molecule has 1 N–H and O–H groups in total. The van der Waals surface area contributed by atoms with Crippen LogP contribution < -0.4 is 10.3 Å². The van der Waals surface area contributed by atoms with E-state index in [0.717, 1.165) is 6.07 Å². The summed E-state index contributed by atoms with van der Waals surface area (Å²) in [7, 11) is 0. The van der Waals surface area contributed by atoms with Crippen LogP contribution in [0.15, 0.2) is 35.3 Å². The fourth-order valence-corrected chi connectivity index (χ4v) is 1.32. The zero-order valence-corrected chi connectivity index (χ0v) is 9.03. The van der Waals surface area contributed by atoms with Crippen LogP contribution in [0, 0.1) is 0 Å². The number of carbonyl (C=O) groups is 1. The number of hydrogen-bond acceptors (Lipinski definition) is 4. The van der Waals surface area contributed by atoms with Crippen LogP contribution in [0.2, 0.25) is 0 Å². The fourth-order valence-electron chi connectivity index (χ4n) is 1.32. The Labute approximate surface area is 96.1 Å². The SMILES string of the molecule is CC(Oc1cc(=O)n2ccccc2n1)C(=O)O. The topological polar surface area (TPSA) is 80.9 Å². The summed E-state index contributed by atoms with van der Waals surface area (Å²) in [5.41, 5.74) is 0.0933. The van der Waals surface area contributed by atoms with Gasteiger partial charge in [0.1, 0.15) is 5.65 Å². The van der Waals surface area contributed by atoms with Crippen molar-refractivity contribution in [3.8, 4) is 5.88 Å². The van der Waals surface area contributed by atoms with Gasteiger partial charge in [-0.2, -0.15) is 4.98 Å². The Balaban J connectivity index is 2.44. The van der Waals surface area contributed by atoms with Crippen molar-refractivity contribution in [2.75, 3.05) is 0 Å². The molecule has 0 spiro atoms. The second-order valence-corrected chi connectivity index (χ2v) is 3.46. The first-order chi connectivity index (χ1) is 8.08. The van der Waals surface area contributed by atoms with Gasteiger partial charge in [0, 0.05) is 6.20 Å². The van der Waals surface area contributed by atoms with Crippen molar-refractivity contribution in [3.63, 3.8) is 0 Å². The Bertz CT molecular complexity index is 620. The molecule has 0 aliphatic carbocycles. The maximum absolute atomic E-state index is 11.6. The van der Waals surface area contributed by atoms with Gasteiger partial charge in [-0.25, -0.2) is 4.79 Å². The Morgan fingerprint density at radius 2 is 2.29 bits per heavy atom. The Morgan fingerprint density at radius 1 is 1.53 bits per heavy atom. The van der Waals surface area contributed by atoms with Crippen LogP contribution in [0.3, 0.4) is 0 Å². The Kier molecular flexibility index (Phi) is 2.78. The minimum absolute atomic E-state index is 0.0103. The molecule has 0 aliphatic heterocycles. The molecule has 1 unspecified atom stereocenters. The number of hydrogen-bond donors (Lipinski definition) is 1. The summed E-state index contributed by atoms with van der Waals surface area (Å²) in [4.78, 5) is 26.3. The third kappa shape index (κ3) is 2.25. The molecule has 0 aromatic carbocycles. The number of aliphatic carboxylic acids is 1. The number of carboxylic acids is 1. The summed E-state index contributed by atoms with van der Waals surface area (Å²) >= 11 is 0. The van der Waals surface area contributed by atoms with Crippen molar-refractivity contribution in [2.45, 2.75) is 13.0 Å². The van der Waals surface area contributed by atoms with Crippen LogP contribution in [0.1, 0.15) is 6.92 Å². The van der Waals surface area contributed by atoms with Gasteiger partial charge in [0.05, 0.1) is 6.07 Å². The molecule has 17 heavy (non-hydrogen) atoms. The molecule has 0 radical (unpaired) electrons. The number of fused-ring (bicyclic) bond motifs is 1. The number of carboxylic acid groups (broad SMARTS) is 1. The van der Waals surface area contributed by atoms with E-state index in [4.69, 9.17) is 9.84 Å². The first-order valence-corrected chi connectivity index (χ1v) is 4.96. The van der Waals surface area contributed by atoms with Crippen LogP contribution in [0.4, 0.5) is 0 Å². The summed E-state index contributed by atoms with van der Waals surface area (Å²) < 4.78 is 6.39. The van der Waals surface area contributed by atoms with Crippen molar-refractivity contribution >= 4 is 11.6 Å². The van der Waals surface area contributed by atoms with Gasteiger partial charge in [-0.05, 0) is 19.1 Å². The third-order valence-electron chi connectivity index (χ3n) is 2.19. The molecule has 0 saturated carbocycles. The lowest BCUT2D eigenvalue weighted by Gasteiger charge is -2.09. The van der Waals surface area contributed by atoms with Crippen molar-refractivity contribution in [1.29, 1.82) is 0 Å². The lowest BCUT2D eigenvalue weighted by Crippen LogP contribution is -2.25. The minimum Gasteiger partial charge on any atom is -0.479 e. The Hall–Kier alpha value is -2.37. The molecule has 6 nitrogen and oxygen atoms in total. The quantitative estimate of drug-likeness (QED) is 0.838. The van der Waals surface area contributed by atoms with Crippen LogP contribution in [-0.2, 0) is 4.79 Å². The van der Waals surface area contributed by atoms with Crippen LogP contribution in [0.5, 0.6) is 5.88 Å². The smallest absolute Gasteiger partial charge is 0.344 e. The maximum Gasteiger partial charge on any atom is 0.344 e. The van der Waals surface area contributed by atoms with E-state index in [1.165, 1.54) is 11.3 Å². The molecule has 2 aromatic heterocycles. The zero-order chi connectivity index (χ0) is 12.4. The van der Waals surface area contributed by atoms with E-state index >= 15 is 0 Å². The van der Waals surface area contributed by atoms with Gasteiger partial charge in [-0.1, -0.05) is 6.07 Å². The monoisotopic (exact) mass is 234 g/mol. The molecule has 2 heterocycles. The summed E-state index contributed by atoms with van der Waals surface area (Å²) in [5, 5.41) is 8.69. The van der Waals surface area contributed by atoms with Crippen molar-refractivity contribution in [3.05, 3.63) is 40.8 Å². The number of nitrogens with zero attached hydrogens (tertiary/aromatic N) is 2. The van der Waals surface area contributed by atoms with Gasteiger partial charge < -0.3 is 9.84 Å². The van der Waals surface area contributed by atoms with Gasteiger partial charge in [0.15, 0.2) is 6.10 Å². The molecular weight excluding hydrogens is 224 g/mol. The number of pyridine rings is 1. The van der Waals surface area contributed by atoms with E-state index in [-0.39, 0.29) is 11.4 Å². The highest BCUT2D eigenvalue weighted by Gasteiger charge is 2.14. The zero-order valence-electron chi connectivity index (χ0n) is 9.03. The minimum atomic E-state index is -1.11. The van der Waals surface area contributed by atoms with Crippen molar-refractivity contribution in [2.24, 2.45) is 0 Å². The van der Waals surface area contributed by atoms with E-state index in [9.17, 15) is 9.59 Å². The number of aromatic nitrogens is 2. The fraction of sp³-hybridized carbons (Fsp3) is 0.182. The molecule has 6 heteroatoms. The standard InChI is InChI=1S/C11H10N2O4/c1-7(11(15)16)17-9-6-10(14)13-5-3-2-4-8(13)12-9/h2-7H,1H3,(H,15,16). The highest BCUT2D eigenvalue weighted by Crippen LogP contribution is 2.07. The van der Waals surface area contributed by atoms with Crippen LogP contribution >= 0.6 is 0 Å². The molecule has 88 valence electrons. The average Bonchev–Trinajstić information content (AvgIpc) is 2.29. The largest absolute Gasteiger partial charge is 0.479 e. The molecule has 2 rings (SSSR count). The van der Waals surface area contributed by atoms with E-state index in [2.05, 4.69) is 4.98 Å². The number of ether oxygens (including phenoxy) is 1. The normalized spacial score (nSPS) is 12.3. The summed E-state index contributed by atoms with van der Waals surface area (Å²) in [6, 6.07) is 6.23. The second kappa shape index (κ2) is 4.25. The van der Waals surface area contributed by atoms with E-state index < -0.39 is 12.1 Å². The predicted octanol–water partition coefficient (Wildman–Crippen LogP) is 0.546. The molecule has 0 fully saturated rings. The van der Waals surface area contributed by atoms with Gasteiger partial charge in [-0.3, -0.25) is 9.20 Å². The first kappa shape index (κ1) is 11.1. The molecule has 0 bridgehead atoms. The van der Waals surface area contributed by atoms with Gasteiger partial charge in [-0.15, -0.1) is 0 Å². The molecule has 2 aromatic rings. The number of rotatable bonds is 3. The first-order valence-electron chi connectivity index (χ1n) is 4.96. The molecule has 0 saturated heterocycles. The summed E-state index contributed by atoms with van der Waals surface area (Å²) in [6.07, 6.45) is 0.530. The van der Waals surface area contributed by atoms with Crippen molar-refractivity contribution < 1.29 is 14.6 Å². The maximum atomic E-state index is 11.6. The lowest BCUT2D eigenvalue weighted by atomic mass is 10.4. The predicted molar refractivity (Wildman–Crippen MR) is 59.2 cm³/mol. The summed E-state index contributed by atoms with van der Waals surface area (Å²) in [6.45, 7) is 1.37. The van der Waals surface area contributed by atoms with Crippen LogP contribution in [0.25, 0.3) is 5.65 Å². The van der Waals surface area contributed by atoms with Gasteiger partial charge in [0.25, 0.3) is 5.56 Å². The van der Waals surface area contributed by atoms with Crippen LogP contribution in [-0.4, -0.2) is 26.6 Å². The van der Waals surface area contributed by atoms with E-state index in [1.807, 2.05) is 0 Å². The van der Waals surface area contributed by atoms with Crippen molar-refractivity contribution in [1.82, 2.24) is 9.38 Å². The molecule has 0 aliphatic rings.